The van der Waals surface area contributed by atoms with Crippen molar-refractivity contribution in [3.05, 3.63) is 0 Å². The third kappa shape index (κ3) is 13.1. The van der Waals surface area contributed by atoms with E-state index in [1.165, 1.54) is 0 Å². The van der Waals surface area contributed by atoms with E-state index < -0.39 is 8.80 Å². The van der Waals surface area contributed by atoms with Crippen molar-refractivity contribution in [1.29, 1.82) is 0 Å². The summed E-state index contributed by atoms with van der Waals surface area (Å²) in [7, 11) is -2.21. The highest BCUT2D eigenvalue weighted by atomic mass is 28.4. The minimum absolute atomic E-state index is 0.0714. The van der Waals surface area contributed by atoms with Gasteiger partial charge in [-0.05, 0) is 69.2 Å². The molecule has 0 bridgehead atoms. The SMILES string of the molecule is CC(C)OC(OC(C)C)[Si]CC[Si](OC(C)C)(OC(C)C)OC(C)C. The summed E-state index contributed by atoms with van der Waals surface area (Å²) in [6.45, 7) is 20.3. The van der Waals surface area contributed by atoms with Gasteiger partial charge < -0.3 is 22.8 Å². The molecular weight excluding hydrogens is 352 g/mol. The van der Waals surface area contributed by atoms with E-state index in [0.29, 0.717) is 9.52 Å². The molecule has 0 aliphatic heterocycles. The number of rotatable bonds is 14. The summed E-state index contributed by atoms with van der Waals surface area (Å²) in [4.78, 5) is 0. The second-order valence-electron chi connectivity index (χ2n) is 7.59. The van der Waals surface area contributed by atoms with Crippen LogP contribution in [0.5, 0.6) is 0 Å². The molecule has 5 nitrogen and oxygen atoms in total. The lowest BCUT2D eigenvalue weighted by atomic mass is 10.5. The van der Waals surface area contributed by atoms with Crippen molar-refractivity contribution in [3.8, 4) is 0 Å². The number of hydrogen-bond donors (Lipinski definition) is 0. The van der Waals surface area contributed by atoms with E-state index in [4.69, 9.17) is 22.8 Å². The monoisotopic (exact) mass is 392 g/mol. The van der Waals surface area contributed by atoms with Gasteiger partial charge in [0.1, 0.15) is 15.4 Å². The Bertz CT molecular complexity index is 299. The average molecular weight is 393 g/mol. The van der Waals surface area contributed by atoms with Gasteiger partial charge >= 0.3 is 8.80 Å². The van der Waals surface area contributed by atoms with E-state index in [9.17, 15) is 0 Å². The van der Waals surface area contributed by atoms with E-state index in [1.807, 2.05) is 69.2 Å². The number of ether oxygens (including phenoxy) is 2. The third-order valence-electron chi connectivity index (χ3n) is 2.78. The van der Waals surface area contributed by atoms with Crippen molar-refractivity contribution in [1.82, 2.24) is 0 Å². The van der Waals surface area contributed by atoms with Gasteiger partial charge in [0.15, 0.2) is 0 Å². The van der Waals surface area contributed by atoms with Crippen LogP contribution in [0.2, 0.25) is 12.1 Å². The van der Waals surface area contributed by atoms with Gasteiger partial charge in [0.2, 0.25) is 0 Å². The van der Waals surface area contributed by atoms with Crippen LogP contribution in [0.15, 0.2) is 0 Å². The van der Waals surface area contributed by atoms with Gasteiger partial charge in [-0.1, -0.05) is 6.04 Å². The molecule has 0 heterocycles. The van der Waals surface area contributed by atoms with Crippen molar-refractivity contribution in [2.24, 2.45) is 0 Å². The van der Waals surface area contributed by atoms with Crippen molar-refractivity contribution in [2.75, 3.05) is 0 Å². The van der Waals surface area contributed by atoms with Crippen molar-refractivity contribution < 1.29 is 22.8 Å². The standard InChI is InChI=1S/C18H40O5Si2/c1-13(2)19-18(20-14(3)4)24-11-12-25(21-15(5)6,22-16(7)8)23-17(9)10/h13-18H,11-12H2,1-10H3. The van der Waals surface area contributed by atoms with Crippen molar-refractivity contribution in [3.63, 3.8) is 0 Å². The molecule has 0 atom stereocenters. The molecule has 0 fully saturated rings. The third-order valence-corrected chi connectivity index (χ3v) is 7.78. The maximum absolute atomic E-state index is 6.22. The van der Waals surface area contributed by atoms with Gasteiger partial charge in [0, 0.05) is 24.4 Å². The highest BCUT2D eigenvalue weighted by Crippen LogP contribution is 2.24. The van der Waals surface area contributed by atoms with Crippen LogP contribution in [0, 0.1) is 0 Å². The first-order chi connectivity index (χ1) is 11.5. The maximum Gasteiger partial charge on any atom is 0.501 e. The molecule has 0 saturated heterocycles. The Kier molecular flexibility index (Phi) is 12.7. The van der Waals surface area contributed by atoms with Crippen molar-refractivity contribution >= 4 is 18.3 Å². The van der Waals surface area contributed by atoms with Crippen LogP contribution in [0.1, 0.15) is 69.2 Å². The molecule has 0 spiro atoms. The lowest BCUT2D eigenvalue weighted by Crippen LogP contribution is -2.51. The minimum atomic E-state index is -2.74. The van der Waals surface area contributed by atoms with E-state index in [1.54, 1.807) is 0 Å². The topological polar surface area (TPSA) is 46.2 Å². The van der Waals surface area contributed by atoms with Crippen LogP contribution in [-0.4, -0.2) is 54.8 Å². The van der Waals surface area contributed by atoms with Gasteiger partial charge in [-0.15, -0.1) is 0 Å². The second-order valence-corrected chi connectivity index (χ2v) is 11.5. The predicted molar refractivity (Wildman–Crippen MR) is 106 cm³/mol. The first-order valence-electron chi connectivity index (χ1n) is 9.53. The molecule has 0 saturated carbocycles. The summed E-state index contributed by atoms with van der Waals surface area (Å²) < 4.78 is 30.5. The van der Waals surface area contributed by atoms with Crippen LogP contribution in [0.25, 0.3) is 0 Å². The average Bonchev–Trinajstić information content (AvgIpc) is 2.33. The molecule has 0 amide bonds. The van der Waals surface area contributed by atoms with Crippen LogP contribution >= 0.6 is 0 Å². The fourth-order valence-corrected chi connectivity index (χ4v) is 7.75. The minimum Gasteiger partial charge on any atom is -0.371 e. The summed E-state index contributed by atoms with van der Waals surface area (Å²) in [5.74, 6) is -0.177. The van der Waals surface area contributed by atoms with Gasteiger partial charge in [0.05, 0.1) is 12.2 Å². The number of hydrogen-bond acceptors (Lipinski definition) is 5. The summed E-state index contributed by atoms with van der Waals surface area (Å²) in [6, 6.07) is 1.68. The molecule has 0 aromatic heterocycles. The van der Waals surface area contributed by atoms with E-state index in [0.717, 1.165) is 12.1 Å². The summed E-state index contributed by atoms with van der Waals surface area (Å²) >= 11 is 0. The van der Waals surface area contributed by atoms with Gasteiger partial charge in [0.25, 0.3) is 0 Å². The molecule has 0 aromatic carbocycles. The van der Waals surface area contributed by atoms with Crippen LogP contribution in [0.3, 0.4) is 0 Å². The van der Waals surface area contributed by atoms with Gasteiger partial charge in [-0.25, -0.2) is 0 Å². The highest BCUT2D eigenvalue weighted by Gasteiger charge is 2.43. The Morgan fingerprint density at radius 3 is 1.24 bits per heavy atom. The fourth-order valence-electron chi connectivity index (χ4n) is 2.30. The van der Waals surface area contributed by atoms with E-state index in [-0.39, 0.29) is 36.4 Å². The molecular formula is C18H40O5Si2. The zero-order valence-electron chi connectivity index (χ0n) is 17.9. The smallest absolute Gasteiger partial charge is 0.371 e. The van der Waals surface area contributed by atoms with Crippen LogP contribution in [-0.2, 0) is 22.8 Å². The lowest BCUT2D eigenvalue weighted by molar-refractivity contribution is -0.134. The van der Waals surface area contributed by atoms with Crippen molar-refractivity contribution in [2.45, 2.75) is 118 Å². The quantitative estimate of drug-likeness (QED) is 0.323. The zero-order valence-corrected chi connectivity index (χ0v) is 19.9. The second kappa shape index (κ2) is 12.6. The van der Waals surface area contributed by atoms with Crippen LogP contribution < -0.4 is 0 Å². The molecule has 0 unspecified atom stereocenters. The van der Waals surface area contributed by atoms with E-state index in [2.05, 4.69) is 0 Å². The molecule has 150 valence electrons. The van der Waals surface area contributed by atoms with E-state index >= 15 is 0 Å². The first kappa shape index (κ1) is 25.2. The predicted octanol–water partition coefficient (Wildman–Crippen LogP) is 4.46. The highest BCUT2D eigenvalue weighted by molar-refractivity contribution is 6.62. The van der Waals surface area contributed by atoms with Gasteiger partial charge in [-0.2, -0.15) is 0 Å². The normalized spacial score (nSPS) is 13.4. The maximum atomic E-state index is 6.22. The lowest BCUT2D eigenvalue weighted by Gasteiger charge is -2.35. The van der Waals surface area contributed by atoms with Gasteiger partial charge in [-0.3, -0.25) is 0 Å². The molecule has 0 aliphatic carbocycles. The molecule has 25 heavy (non-hydrogen) atoms. The zero-order chi connectivity index (χ0) is 19.6. The summed E-state index contributed by atoms with van der Waals surface area (Å²) in [6.07, 6.45) is 0.499. The largest absolute Gasteiger partial charge is 0.501 e. The fraction of sp³-hybridized carbons (Fsp3) is 1.00. The Morgan fingerprint density at radius 1 is 0.600 bits per heavy atom. The Morgan fingerprint density at radius 2 is 0.960 bits per heavy atom. The Balaban J connectivity index is 4.95. The Hall–Kier alpha value is 0.234. The molecule has 2 radical (unpaired) electrons. The summed E-state index contributed by atoms with van der Waals surface area (Å²) in [5.41, 5.74) is 0. The molecule has 0 aromatic rings. The first-order valence-corrected chi connectivity index (χ1v) is 12.7. The molecule has 7 heteroatoms. The Labute approximate surface area is 159 Å². The van der Waals surface area contributed by atoms with Crippen LogP contribution in [0.4, 0.5) is 0 Å². The molecule has 0 N–H and O–H groups in total. The molecule has 0 aliphatic rings. The summed E-state index contributed by atoms with van der Waals surface area (Å²) in [5, 5.41) is 0. The molecule has 0 rings (SSSR count).